The molecule has 2 aliphatic rings. The van der Waals surface area contributed by atoms with Gasteiger partial charge in [0.15, 0.2) is 0 Å². The van der Waals surface area contributed by atoms with Crippen LogP contribution in [-0.2, 0) is 27.1 Å². The third-order valence-corrected chi connectivity index (χ3v) is 6.72. The van der Waals surface area contributed by atoms with Crippen molar-refractivity contribution in [3.05, 3.63) is 69.3 Å². The van der Waals surface area contributed by atoms with E-state index in [0.717, 1.165) is 12.1 Å². The van der Waals surface area contributed by atoms with E-state index in [1.807, 2.05) is 0 Å². The minimum atomic E-state index is -4.44. The van der Waals surface area contributed by atoms with Crippen LogP contribution in [0.2, 0.25) is 0 Å². The Kier molecular flexibility index (Phi) is 7.24. The molecule has 0 saturated heterocycles. The first kappa shape index (κ1) is 25.2. The summed E-state index contributed by atoms with van der Waals surface area (Å²) in [7, 11) is 0. The van der Waals surface area contributed by atoms with Gasteiger partial charge in [0.05, 0.1) is 21.4 Å². The first-order valence-corrected chi connectivity index (χ1v) is 11.3. The Labute approximate surface area is 198 Å². The number of thioether (sulfide) groups is 1. The summed E-state index contributed by atoms with van der Waals surface area (Å²) < 4.78 is 44.9. The van der Waals surface area contributed by atoms with Crippen LogP contribution in [-0.4, -0.2) is 28.3 Å². The number of rotatable bonds is 6. The number of benzene rings is 1. The Balaban J connectivity index is 1.87. The van der Waals surface area contributed by atoms with Crippen LogP contribution in [0.1, 0.15) is 31.9 Å². The molecule has 0 aromatic heterocycles. The molecule has 0 spiro atoms. The van der Waals surface area contributed by atoms with E-state index in [2.05, 4.69) is 5.32 Å². The van der Waals surface area contributed by atoms with E-state index >= 15 is 0 Å². The number of fused-ring (bicyclic) bond motifs is 1. The number of alkyl halides is 3. The molecule has 1 heterocycles. The quantitative estimate of drug-likeness (QED) is 0.540. The zero-order chi connectivity index (χ0) is 24.6. The lowest BCUT2D eigenvalue weighted by atomic mass is 9.86. The molecular formula is C23H23ClF3NO4S. The number of amides is 1. The molecule has 1 aliphatic carbocycles. The predicted octanol–water partition coefficient (Wildman–Crippen LogP) is 5.47. The van der Waals surface area contributed by atoms with Crippen LogP contribution in [0, 0.1) is 11.3 Å². The van der Waals surface area contributed by atoms with E-state index < -0.39 is 35.1 Å². The highest BCUT2D eigenvalue weighted by Gasteiger charge is 2.38. The summed E-state index contributed by atoms with van der Waals surface area (Å²) in [6.07, 6.45) is 0.670. The molecule has 1 aromatic carbocycles. The Bertz CT molecular complexity index is 1030. The van der Waals surface area contributed by atoms with E-state index in [4.69, 9.17) is 16.3 Å². The fourth-order valence-corrected chi connectivity index (χ4v) is 4.92. The Hall–Kier alpha value is -2.39. The molecule has 1 aromatic rings. The molecule has 3 atom stereocenters. The molecule has 33 heavy (non-hydrogen) atoms. The van der Waals surface area contributed by atoms with Crippen molar-refractivity contribution in [1.82, 2.24) is 5.32 Å². The number of halogens is 4. The summed E-state index contributed by atoms with van der Waals surface area (Å²) >= 11 is 7.56. The average molecular weight is 502 g/mol. The minimum absolute atomic E-state index is 0.0704. The highest BCUT2D eigenvalue weighted by molar-refractivity contribution is 8.05. The second-order valence-electron chi connectivity index (χ2n) is 8.81. The molecule has 2 unspecified atom stereocenters. The number of carboxylic acid groups (broad SMARTS) is 1. The highest BCUT2D eigenvalue weighted by atomic mass is 35.5. The van der Waals surface area contributed by atoms with Crippen LogP contribution in [0.4, 0.5) is 13.2 Å². The molecule has 1 aliphatic heterocycles. The van der Waals surface area contributed by atoms with Gasteiger partial charge in [-0.25, -0.2) is 4.79 Å². The standard InChI is InChI=1S/C23H23ClF3NO4S/c1-22(2,3)19(21(30)31)28-20(29)14-8-9-16-15(10-17(24)33-16)18(14)32-11-12-4-6-13(7-5-12)23(25,26)27/h4-10,15-16,19H,11H2,1-3H3,(H,28,29)(H,30,31)/t15?,16?,19-/m1/s1. The predicted molar refractivity (Wildman–Crippen MR) is 120 cm³/mol. The summed E-state index contributed by atoms with van der Waals surface area (Å²) in [5.41, 5.74) is -0.867. The van der Waals surface area contributed by atoms with Crippen LogP contribution in [0.25, 0.3) is 0 Å². The fourth-order valence-electron chi connectivity index (χ4n) is 3.49. The average Bonchev–Trinajstić information content (AvgIpc) is 3.09. The first-order valence-electron chi connectivity index (χ1n) is 10.1. The van der Waals surface area contributed by atoms with Crippen molar-refractivity contribution in [2.24, 2.45) is 11.3 Å². The lowest BCUT2D eigenvalue weighted by Gasteiger charge is -2.30. The van der Waals surface area contributed by atoms with Gasteiger partial charge in [-0.05, 0) is 35.3 Å². The Morgan fingerprint density at radius 1 is 1.21 bits per heavy atom. The number of hydrogen-bond donors (Lipinski definition) is 2. The lowest BCUT2D eigenvalue weighted by Crippen LogP contribution is -2.49. The van der Waals surface area contributed by atoms with Crippen molar-refractivity contribution < 1.29 is 32.6 Å². The third kappa shape index (κ3) is 5.95. The van der Waals surface area contributed by atoms with E-state index in [1.165, 1.54) is 23.9 Å². The van der Waals surface area contributed by atoms with Crippen LogP contribution in [0.5, 0.6) is 0 Å². The number of carboxylic acids is 1. The maximum absolute atomic E-state index is 13.1. The normalized spacial score (nSPS) is 21.4. The number of allylic oxidation sites excluding steroid dienone is 1. The number of carbonyl (C=O) groups excluding carboxylic acids is 1. The SMILES string of the molecule is CC(C)(C)[C@H](NC(=O)C1=C(OCc2ccc(C(F)(F)F)cc2)C2C=C(Cl)SC2C=C1)C(=O)O. The largest absolute Gasteiger partial charge is 0.492 e. The van der Waals surface area contributed by atoms with E-state index in [-0.39, 0.29) is 23.3 Å². The molecule has 178 valence electrons. The molecule has 0 radical (unpaired) electrons. The van der Waals surface area contributed by atoms with Crippen molar-refractivity contribution in [2.45, 2.75) is 44.8 Å². The van der Waals surface area contributed by atoms with Gasteiger partial charge in [0, 0.05) is 5.25 Å². The van der Waals surface area contributed by atoms with Crippen LogP contribution < -0.4 is 5.32 Å². The third-order valence-electron chi connectivity index (χ3n) is 5.24. The summed E-state index contributed by atoms with van der Waals surface area (Å²) in [4.78, 5) is 24.7. The van der Waals surface area contributed by atoms with Crippen molar-refractivity contribution in [3.8, 4) is 0 Å². The summed E-state index contributed by atoms with van der Waals surface area (Å²) in [6.45, 7) is 5.03. The van der Waals surface area contributed by atoms with Gasteiger partial charge in [0.25, 0.3) is 5.91 Å². The molecule has 2 N–H and O–H groups in total. The fraction of sp³-hybridized carbons (Fsp3) is 0.391. The molecular weight excluding hydrogens is 479 g/mol. The van der Waals surface area contributed by atoms with Crippen LogP contribution >= 0.6 is 23.4 Å². The van der Waals surface area contributed by atoms with Gasteiger partial charge in [-0.2, -0.15) is 13.2 Å². The van der Waals surface area contributed by atoms with E-state index in [1.54, 1.807) is 39.0 Å². The van der Waals surface area contributed by atoms with Crippen molar-refractivity contribution in [1.29, 1.82) is 0 Å². The number of carbonyl (C=O) groups is 2. The number of ether oxygens (including phenoxy) is 1. The molecule has 0 saturated carbocycles. The number of aliphatic carboxylic acids is 1. The smallest absolute Gasteiger partial charge is 0.416 e. The lowest BCUT2D eigenvalue weighted by molar-refractivity contribution is -0.144. The maximum atomic E-state index is 13.1. The van der Waals surface area contributed by atoms with Gasteiger partial charge in [0.1, 0.15) is 18.4 Å². The first-order chi connectivity index (χ1) is 15.3. The summed E-state index contributed by atoms with van der Waals surface area (Å²) in [5, 5.41) is 12.0. The van der Waals surface area contributed by atoms with Gasteiger partial charge >= 0.3 is 12.1 Å². The number of nitrogens with one attached hydrogen (secondary N) is 1. The summed E-state index contributed by atoms with van der Waals surface area (Å²) in [6, 6.07) is 3.41. The molecule has 1 amide bonds. The molecule has 0 bridgehead atoms. The maximum Gasteiger partial charge on any atom is 0.416 e. The molecule has 0 fully saturated rings. The van der Waals surface area contributed by atoms with Gasteiger partial charge < -0.3 is 15.2 Å². The number of hydrogen-bond acceptors (Lipinski definition) is 4. The highest BCUT2D eigenvalue weighted by Crippen LogP contribution is 2.46. The van der Waals surface area contributed by atoms with Crippen molar-refractivity contribution in [2.75, 3.05) is 0 Å². The summed E-state index contributed by atoms with van der Waals surface area (Å²) in [5.74, 6) is -1.85. The van der Waals surface area contributed by atoms with Crippen molar-refractivity contribution >= 4 is 35.2 Å². The Morgan fingerprint density at radius 3 is 2.39 bits per heavy atom. The van der Waals surface area contributed by atoms with Crippen molar-refractivity contribution in [3.63, 3.8) is 0 Å². The molecule has 10 heteroatoms. The van der Waals surface area contributed by atoms with Gasteiger partial charge in [0.2, 0.25) is 0 Å². The van der Waals surface area contributed by atoms with E-state index in [0.29, 0.717) is 15.7 Å². The van der Waals surface area contributed by atoms with Crippen LogP contribution in [0.3, 0.4) is 0 Å². The molecule has 5 nitrogen and oxygen atoms in total. The topological polar surface area (TPSA) is 75.6 Å². The second-order valence-corrected chi connectivity index (χ2v) is 10.7. The van der Waals surface area contributed by atoms with Gasteiger partial charge in [-0.3, -0.25) is 4.79 Å². The van der Waals surface area contributed by atoms with Gasteiger partial charge in [-0.1, -0.05) is 50.6 Å². The van der Waals surface area contributed by atoms with Gasteiger partial charge in [-0.15, -0.1) is 11.8 Å². The van der Waals surface area contributed by atoms with Crippen LogP contribution in [0.15, 0.2) is 58.2 Å². The second kappa shape index (κ2) is 9.46. The Morgan fingerprint density at radius 2 is 1.85 bits per heavy atom. The van der Waals surface area contributed by atoms with E-state index in [9.17, 15) is 27.9 Å². The minimum Gasteiger partial charge on any atom is -0.492 e. The molecule has 3 rings (SSSR count). The zero-order valence-electron chi connectivity index (χ0n) is 18.1. The zero-order valence-corrected chi connectivity index (χ0v) is 19.6. The monoisotopic (exact) mass is 501 g/mol.